The average molecular weight is 432 g/mol. The highest BCUT2D eigenvalue weighted by molar-refractivity contribution is 7.85. The Labute approximate surface area is 178 Å². The predicted octanol–water partition coefficient (Wildman–Crippen LogP) is 3.79. The molecule has 162 valence electrons. The van der Waals surface area contributed by atoms with Gasteiger partial charge in [0.1, 0.15) is 12.0 Å². The minimum Gasteiger partial charge on any atom is -0.467 e. The average Bonchev–Trinajstić information content (AvgIpc) is 3.12. The molecule has 1 fully saturated rings. The van der Waals surface area contributed by atoms with Crippen LogP contribution in [0.1, 0.15) is 48.3 Å². The summed E-state index contributed by atoms with van der Waals surface area (Å²) in [6.45, 7) is 3.79. The lowest BCUT2D eigenvalue weighted by Crippen LogP contribution is -2.44. The Bertz CT molecular complexity index is 985. The number of rotatable bonds is 1. The van der Waals surface area contributed by atoms with Crippen LogP contribution in [-0.4, -0.2) is 49.7 Å². The highest BCUT2D eigenvalue weighted by Gasteiger charge is 2.41. The molecule has 0 amide bonds. The van der Waals surface area contributed by atoms with E-state index in [4.69, 9.17) is 14.0 Å². The van der Waals surface area contributed by atoms with Crippen molar-refractivity contribution in [2.24, 2.45) is 0 Å². The highest BCUT2D eigenvalue weighted by atomic mass is 32.2. The fourth-order valence-electron chi connectivity index (χ4n) is 5.05. The zero-order valence-corrected chi connectivity index (χ0v) is 18.2. The fourth-order valence-corrected chi connectivity index (χ4v) is 5.05. The van der Waals surface area contributed by atoms with Crippen molar-refractivity contribution in [3.8, 4) is 5.75 Å². The van der Waals surface area contributed by atoms with Crippen LogP contribution < -0.4 is 4.74 Å². The van der Waals surface area contributed by atoms with E-state index >= 15 is 0 Å². The summed E-state index contributed by atoms with van der Waals surface area (Å²) in [4.78, 5) is 2.61. The summed E-state index contributed by atoms with van der Waals surface area (Å²) >= 11 is 0. The van der Waals surface area contributed by atoms with Gasteiger partial charge in [-0.15, -0.1) is 0 Å². The Balaban J connectivity index is 0.000000393. The molecule has 2 bridgehead atoms. The first-order valence-corrected chi connectivity index (χ1v) is 12.2. The molecule has 0 spiro atoms. The van der Waals surface area contributed by atoms with E-state index in [2.05, 4.69) is 54.3 Å². The Morgan fingerprint density at radius 3 is 2.47 bits per heavy atom. The zero-order valence-electron chi connectivity index (χ0n) is 17.4. The lowest BCUT2D eigenvalue weighted by Gasteiger charge is -2.38. The number of ether oxygens (including phenoxy) is 2. The van der Waals surface area contributed by atoms with Gasteiger partial charge in [0.25, 0.3) is 10.1 Å². The van der Waals surface area contributed by atoms with E-state index in [1.165, 1.54) is 23.1 Å². The van der Waals surface area contributed by atoms with Crippen LogP contribution in [0, 0.1) is 0 Å². The monoisotopic (exact) mass is 431 g/mol. The molecule has 4 atom stereocenters. The summed E-state index contributed by atoms with van der Waals surface area (Å²) in [7, 11) is -3.67. The second-order valence-electron chi connectivity index (χ2n) is 8.48. The minimum absolute atomic E-state index is 0.181. The summed E-state index contributed by atoms with van der Waals surface area (Å²) in [5.74, 6) is 2.12. The second kappa shape index (κ2) is 8.67. The zero-order chi connectivity index (χ0) is 21.3. The van der Waals surface area contributed by atoms with Crippen molar-refractivity contribution in [2.45, 2.75) is 50.3 Å². The predicted molar refractivity (Wildman–Crippen MR) is 115 cm³/mol. The standard InChI is InChI=1S/C22H25NO2.CH4O3S/c1-15-10-18(11-16-6-2-3-7-19(15)16)23-13-17-12-22(23)25-14-24-21-9-5-4-8-20(17)21;1-5(2,3)4/h2-9,15,17-18,22H,10-14H2,1H3;1H3,(H,2,3,4)/t15-,17?,18+,22?;/m1./s1. The molecule has 2 aliphatic heterocycles. The van der Waals surface area contributed by atoms with Gasteiger partial charge in [-0.3, -0.25) is 9.45 Å². The molecule has 1 N–H and O–H groups in total. The van der Waals surface area contributed by atoms with Crippen LogP contribution in [0.2, 0.25) is 0 Å². The van der Waals surface area contributed by atoms with Gasteiger partial charge in [0.05, 0.1) is 6.26 Å². The van der Waals surface area contributed by atoms with Crippen molar-refractivity contribution >= 4 is 10.1 Å². The third-order valence-corrected chi connectivity index (χ3v) is 6.26. The van der Waals surface area contributed by atoms with E-state index in [0.717, 1.165) is 25.1 Å². The molecule has 2 aromatic carbocycles. The molecule has 0 radical (unpaired) electrons. The molecule has 2 heterocycles. The second-order valence-corrected chi connectivity index (χ2v) is 9.94. The lowest BCUT2D eigenvalue weighted by atomic mass is 9.80. The molecule has 0 aromatic heterocycles. The molecule has 1 saturated heterocycles. The summed E-state index contributed by atoms with van der Waals surface area (Å²) < 4.78 is 37.9. The van der Waals surface area contributed by atoms with Gasteiger partial charge in [-0.25, -0.2) is 0 Å². The normalized spacial score (nSPS) is 28.1. The molecule has 3 aliphatic rings. The maximum atomic E-state index is 9.19. The molecule has 0 saturated carbocycles. The molecular weight excluding hydrogens is 402 g/mol. The highest BCUT2D eigenvalue weighted by Crippen LogP contribution is 2.42. The van der Waals surface area contributed by atoms with Crippen molar-refractivity contribution in [3.63, 3.8) is 0 Å². The van der Waals surface area contributed by atoms with Crippen LogP contribution in [-0.2, 0) is 21.3 Å². The Kier molecular flexibility index (Phi) is 6.16. The molecule has 2 aromatic rings. The molecular formula is C23H29NO5S. The van der Waals surface area contributed by atoms with Crippen molar-refractivity contribution < 1.29 is 22.4 Å². The van der Waals surface area contributed by atoms with Crippen molar-refractivity contribution in [3.05, 3.63) is 65.2 Å². The van der Waals surface area contributed by atoms with Crippen molar-refractivity contribution in [1.82, 2.24) is 4.90 Å². The molecule has 6 nitrogen and oxygen atoms in total. The molecule has 30 heavy (non-hydrogen) atoms. The largest absolute Gasteiger partial charge is 0.467 e. The number of nitrogens with zero attached hydrogens (tertiary/aromatic N) is 1. The number of likely N-dealkylation sites (tertiary alicyclic amines) is 1. The van der Waals surface area contributed by atoms with Crippen LogP contribution in [0.5, 0.6) is 5.75 Å². The molecule has 5 rings (SSSR count). The van der Waals surface area contributed by atoms with Gasteiger partial charge in [-0.2, -0.15) is 8.42 Å². The fraction of sp³-hybridized carbons (Fsp3) is 0.478. The number of hydrogen-bond acceptors (Lipinski definition) is 5. The Morgan fingerprint density at radius 1 is 1.03 bits per heavy atom. The minimum atomic E-state index is -3.67. The third kappa shape index (κ3) is 4.86. The van der Waals surface area contributed by atoms with E-state index in [0.29, 0.717) is 30.9 Å². The van der Waals surface area contributed by atoms with E-state index in [9.17, 15) is 8.42 Å². The Hall–Kier alpha value is -1.93. The van der Waals surface area contributed by atoms with Gasteiger partial charge in [-0.05, 0) is 47.9 Å². The number of hydrogen-bond donors (Lipinski definition) is 1. The smallest absolute Gasteiger partial charge is 0.261 e. The molecule has 7 heteroatoms. The summed E-state index contributed by atoms with van der Waals surface area (Å²) in [6.07, 6.45) is 4.32. The van der Waals surface area contributed by atoms with Crippen LogP contribution in [0.3, 0.4) is 0 Å². The summed E-state index contributed by atoms with van der Waals surface area (Å²) in [6, 6.07) is 18.0. The number of fused-ring (bicyclic) bond motifs is 5. The van der Waals surface area contributed by atoms with Gasteiger partial charge in [0.15, 0.2) is 6.79 Å². The summed E-state index contributed by atoms with van der Waals surface area (Å²) in [5, 5.41) is 0. The van der Waals surface area contributed by atoms with Crippen molar-refractivity contribution in [1.29, 1.82) is 0 Å². The maximum absolute atomic E-state index is 9.19. The van der Waals surface area contributed by atoms with Gasteiger partial charge < -0.3 is 9.47 Å². The number of benzene rings is 2. The van der Waals surface area contributed by atoms with Crippen LogP contribution in [0.15, 0.2) is 48.5 Å². The number of para-hydroxylation sites is 1. The van der Waals surface area contributed by atoms with Gasteiger partial charge in [0, 0.05) is 18.5 Å². The first kappa shape index (κ1) is 21.3. The van der Waals surface area contributed by atoms with Crippen LogP contribution >= 0.6 is 0 Å². The summed E-state index contributed by atoms with van der Waals surface area (Å²) in [5.41, 5.74) is 4.40. The van der Waals surface area contributed by atoms with Gasteiger partial charge in [-0.1, -0.05) is 49.4 Å². The Morgan fingerprint density at radius 2 is 1.70 bits per heavy atom. The van der Waals surface area contributed by atoms with E-state index in [1.807, 2.05) is 6.07 Å². The van der Waals surface area contributed by atoms with E-state index < -0.39 is 10.1 Å². The quantitative estimate of drug-likeness (QED) is 0.693. The first-order chi connectivity index (χ1) is 14.3. The topological polar surface area (TPSA) is 76.1 Å². The maximum Gasteiger partial charge on any atom is 0.261 e. The van der Waals surface area contributed by atoms with Gasteiger partial charge in [0.2, 0.25) is 0 Å². The van der Waals surface area contributed by atoms with Crippen LogP contribution in [0.25, 0.3) is 0 Å². The van der Waals surface area contributed by atoms with E-state index in [-0.39, 0.29) is 6.23 Å². The van der Waals surface area contributed by atoms with Gasteiger partial charge >= 0.3 is 0 Å². The molecule has 1 aliphatic carbocycles. The molecule has 2 unspecified atom stereocenters. The SMILES string of the molecule is CS(=O)(=O)O.C[C@@H]1C[C@H](N2CC3CC2OCOc2ccccc23)Cc2ccccc21. The van der Waals surface area contributed by atoms with Crippen molar-refractivity contribution in [2.75, 3.05) is 19.6 Å². The van der Waals surface area contributed by atoms with Crippen LogP contribution in [0.4, 0.5) is 0 Å². The van der Waals surface area contributed by atoms with E-state index in [1.54, 1.807) is 0 Å². The lowest BCUT2D eigenvalue weighted by molar-refractivity contribution is -0.107. The first-order valence-electron chi connectivity index (χ1n) is 10.4. The third-order valence-electron chi connectivity index (χ3n) is 6.26.